The molecule has 1 aliphatic rings. The first-order valence-electron chi connectivity index (χ1n) is 6.24. The number of rotatable bonds is 3. The summed E-state index contributed by atoms with van der Waals surface area (Å²) < 4.78 is 26.5. The SMILES string of the molecule is Cc1ccccc1S(=O)(=O)N1CC(O)C(N(C)C)C1. The number of aryl methyl sites for hydroxylation is 1. The molecule has 1 heterocycles. The summed E-state index contributed by atoms with van der Waals surface area (Å²) in [6.45, 7) is 2.26. The lowest BCUT2D eigenvalue weighted by Gasteiger charge is -2.21. The van der Waals surface area contributed by atoms with E-state index in [2.05, 4.69) is 0 Å². The molecule has 1 N–H and O–H groups in total. The van der Waals surface area contributed by atoms with Gasteiger partial charge in [0.1, 0.15) is 0 Å². The average molecular weight is 284 g/mol. The van der Waals surface area contributed by atoms with Crippen molar-refractivity contribution in [3.05, 3.63) is 29.8 Å². The monoisotopic (exact) mass is 284 g/mol. The van der Waals surface area contributed by atoms with Gasteiger partial charge in [0.2, 0.25) is 10.0 Å². The van der Waals surface area contributed by atoms with Crippen molar-refractivity contribution in [2.75, 3.05) is 27.2 Å². The highest BCUT2D eigenvalue weighted by Gasteiger charge is 2.39. The molecule has 5 nitrogen and oxygen atoms in total. The number of hydrogen-bond donors (Lipinski definition) is 1. The van der Waals surface area contributed by atoms with Gasteiger partial charge in [-0.1, -0.05) is 18.2 Å². The van der Waals surface area contributed by atoms with Gasteiger partial charge in [0.05, 0.1) is 17.0 Å². The second-order valence-electron chi connectivity index (χ2n) is 5.19. The Morgan fingerprint density at radius 3 is 2.42 bits per heavy atom. The van der Waals surface area contributed by atoms with Crippen molar-refractivity contribution in [3.63, 3.8) is 0 Å². The molecule has 0 bridgehead atoms. The summed E-state index contributed by atoms with van der Waals surface area (Å²) >= 11 is 0. The minimum Gasteiger partial charge on any atom is -0.390 e. The van der Waals surface area contributed by atoms with Crippen LogP contribution in [0, 0.1) is 6.92 Å². The van der Waals surface area contributed by atoms with Crippen LogP contribution in [0.4, 0.5) is 0 Å². The van der Waals surface area contributed by atoms with Crippen LogP contribution in [0.5, 0.6) is 0 Å². The molecule has 0 radical (unpaired) electrons. The summed E-state index contributed by atoms with van der Waals surface area (Å²) in [6.07, 6.45) is -0.645. The van der Waals surface area contributed by atoms with Crippen molar-refractivity contribution in [3.8, 4) is 0 Å². The van der Waals surface area contributed by atoms with E-state index in [0.717, 1.165) is 5.56 Å². The number of aliphatic hydroxyl groups is 1. The fourth-order valence-electron chi connectivity index (χ4n) is 2.42. The zero-order valence-electron chi connectivity index (χ0n) is 11.4. The lowest BCUT2D eigenvalue weighted by atomic mass is 10.2. The maximum atomic E-state index is 12.6. The first-order chi connectivity index (χ1) is 8.84. The van der Waals surface area contributed by atoms with Crippen molar-refractivity contribution in [2.45, 2.75) is 24.0 Å². The first kappa shape index (κ1) is 14.5. The Labute approximate surface area is 114 Å². The summed E-state index contributed by atoms with van der Waals surface area (Å²) in [4.78, 5) is 2.18. The van der Waals surface area contributed by atoms with Crippen LogP contribution in [0.2, 0.25) is 0 Å². The number of aliphatic hydroxyl groups excluding tert-OH is 1. The van der Waals surface area contributed by atoms with Gasteiger partial charge in [0, 0.05) is 13.1 Å². The molecule has 106 valence electrons. The van der Waals surface area contributed by atoms with Gasteiger partial charge in [-0.15, -0.1) is 0 Å². The van der Waals surface area contributed by atoms with E-state index in [9.17, 15) is 13.5 Å². The molecule has 0 aromatic heterocycles. The zero-order chi connectivity index (χ0) is 14.2. The summed E-state index contributed by atoms with van der Waals surface area (Å²) in [7, 11) is 0.168. The Bertz CT molecular complexity index is 557. The van der Waals surface area contributed by atoms with Crippen LogP contribution in [0.1, 0.15) is 5.56 Å². The standard InChI is InChI=1S/C13H20N2O3S/c1-10-6-4-5-7-13(10)19(17,18)15-8-11(14(2)3)12(16)9-15/h4-7,11-12,16H,8-9H2,1-3H3. The van der Waals surface area contributed by atoms with Crippen molar-refractivity contribution in [2.24, 2.45) is 0 Å². The number of hydrogen-bond acceptors (Lipinski definition) is 4. The topological polar surface area (TPSA) is 60.9 Å². The normalized spacial score (nSPS) is 25.1. The molecular weight excluding hydrogens is 264 g/mol. The van der Waals surface area contributed by atoms with E-state index < -0.39 is 16.1 Å². The van der Waals surface area contributed by atoms with Gasteiger partial charge in [-0.25, -0.2) is 8.42 Å². The van der Waals surface area contributed by atoms with Crippen LogP contribution in [0.25, 0.3) is 0 Å². The lowest BCUT2D eigenvalue weighted by molar-refractivity contribution is 0.113. The fourth-order valence-corrected chi connectivity index (χ4v) is 4.13. The van der Waals surface area contributed by atoms with E-state index in [1.165, 1.54) is 4.31 Å². The minimum absolute atomic E-state index is 0.152. The Morgan fingerprint density at radius 1 is 1.26 bits per heavy atom. The molecule has 1 aromatic carbocycles. The highest BCUT2D eigenvalue weighted by atomic mass is 32.2. The van der Waals surface area contributed by atoms with Crippen LogP contribution >= 0.6 is 0 Å². The largest absolute Gasteiger partial charge is 0.390 e. The molecule has 2 unspecified atom stereocenters. The maximum absolute atomic E-state index is 12.6. The van der Waals surface area contributed by atoms with E-state index in [0.29, 0.717) is 11.4 Å². The number of β-amino-alcohol motifs (C(OH)–C–C–N with tert-alkyl or cyclic N) is 1. The molecule has 6 heteroatoms. The predicted octanol–water partition coefficient (Wildman–Crippen LogP) is 0.290. The number of nitrogens with zero attached hydrogens (tertiary/aromatic N) is 2. The van der Waals surface area contributed by atoms with E-state index in [1.807, 2.05) is 25.1 Å². The average Bonchev–Trinajstić information content (AvgIpc) is 2.72. The second-order valence-corrected chi connectivity index (χ2v) is 7.09. The number of sulfonamides is 1. The Hall–Kier alpha value is -0.950. The van der Waals surface area contributed by atoms with Crippen LogP contribution in [-0.4, -0.2) is 62.1 Å². The molecule has 2 rings (SSSR count). The van der Waals surface area contributed by atoms with Crippen molar-refractivity contribution in [1.82, 2.24) is 9.21 Å². The second kappa shape index (κ2) is 5.20. The van der Waals surface area contributed by atoms with E-state index >= 15 is 0 Å². The third-order valence-electron chi connectivity index (χ3n) is 3.60. The smallest absolute Gasteiger partial charge is 0.243 e. The number of likely N-dealkylation sites (N-methyl/N-ethyl adjacent to an activating group) is 1. The van der Waals surface area contributed by atoms with Gasteiger partial charge in [0.15, 0.2) is 0 Å². The van der Waals surface area contributed by atoms with Gasteiger partial charge in [-0.05, 0) is 32.6 Å². The summed E-state index contributed by atoms with van der Waals surface area (Å²) in [5, 5.41) is 9.96. The molecule has 0 aliphatic carbocycles. The maximum Gasteiger partial charge on any atom is 0.243 e. The molecule has 2 atom stereocenters. The van der Waals surface area contributed by atoms with Gasteiger partial charge in [-0.3, -0.25) is 0 Å². The van der Waals surface area contributed by atoms with Crippen molar-refractivity contribution < 1.29 is 13.5 Å². The van der Waals surface area contributed by atoms with Crippen LogP contribution in [0.3, 0.4) is 0 Å². The molecule has 1 fully saturated rings. The quantitative estimate of drug-likeness (QED) is 0.867. The molecule has 0 spiro atoms. The molecule has 1 aliphatic heterocycles. The molecule has 0 amide bonds. The highest BCUT2D eigenvalue weighted by Crippen LogP contribution is 2.25. The van der Waals surface area contributed by atoms with E-state index in [1.54, 1.807) is 25.1 Å². The lowest BCUT2D eigenvalue weighted by Crippen LogP contribution is -2.38. The first-order valence-corrected chi connectivity index (χ1v) is 7.68. The van der Waals surface area contributed by atoms with Crippen molar-refractivity contribution in [1.29, 1.82) is 0 Å². The van der Waals surface area contributed by atoms with Crippen LogP contribution in [-0.2, 0) is 10.0 Å². The Kier molecular flexibility index (Phi) is 3.96. The van der Waals surface area contributed by atoms with Gasteiger partial charge < -0.3 is 10.0 Å². The Balaban J connectivity index is 2.30. The Morgan fingerprint density at radius 2 is 1.89 bits per heavy atom. The molecule has 1 aromatic rings. The summed E-state index contributed by atoms with van der Waals surface area (Å²) in [5.74, 6) is 0. The molecule has 0 saturated carbocycles. The van der Waals surface area contributed by atoms with E-state index in [4.69, 9.17) is 0 Å². The van der Waals surface area contributed by atoms with Gasteiger partial charge in [0.25, 0.3) is 0 Å². The van der Waals surface area contributed by atoms with Gasteiger partial charge >= 0.3 is 0 Å². The predicted molar refractivity (Wildman–Crippen MR) is 73.4 cm³/mol. The van der Waals surface area contributed by atoms with Crippen LogP contribution < -0.4 is 0 Å². The van der Waals surface area contributed by atoms with Gasteiger partial charge in [-0.2, -0.15) is 4.31 Å². The molecule has 19 heavy (non-hydrogen) atoms. The van der Waals surface area contributed by atoms with Crippen molar-refractivity contribution >= 4 is 10.0 Å². The fraction of sp³-hybridized carbons (Fsp3) is 0.538. The highest BCUT2D eigenvalue weighted by molar-refractivity contribution is 7.89. The molecular formula is C13H20N2O3S. The molecule has 1 saturated heterocycles. The summed E-state index contributed by atoms with van der Waals surface area (Å²) in [6, 6.07) is 6.77. The van der Waals surface area contributed by atoms with Crippen LogP contribution in [0.15, 0.2) is 29.2 Å². The third-order valence-corrected chi connectivity index (χ3v) is 5.59. The third kappa shape index (κ3) is 2.67. The minimum atomic E-state index is -3.52. The zero-order valence-corrected chi connectivity index (χ0v) is 12.3. The van der Waals surface area contributed by atoms with E-state index in [-0.39, 0.29) is 12.6 Å². The summed E-state index contributed by atoms with van der Waals surface area (Å²) in [5.41, 5.74) is 0.727. The number of benzene rings is 1.